The van der Waals surface area contributed by atoms with Crippen LogP contribution in [-0.4, -0.2) is 41.7 Å². The number of nitrogens with two attached hydrogens (primary N) is 1. The second kappa shape index (κ2) is 9.69. The summed E-state index contributed by atoms with van der Waals surface area (Å²) in [5.74, 6) is 0.117. The number of likely N-dealkylation sites (tertiary alicyclic amines) is 1. The largest absolute Gasteiger partial charge is 0.495 e. The first kappa shape index (κ1) is 22.4. The second-order valence-electron chi connectivity index (χ2n) is 7.29. The number of primary amides is 1. The van der Waals surface area contributed by atoms with Crippen LogP contribution in [-0.2, 0) is 6.54 Å². The van der Waals surface area contributed by atoms with Crippen molar-refractivity contribution in [2.24, 2.45) is 5.73 Å². The molecule has 2 atom stereocenters. The van der Waals surface area contributed by atoms with Gasteiger partial charge in [0.1, 0.15) is 5.75 Å². The molecule has 1 heterocycles. The molecule has 9 heteroatoms. The van der Waals surface area contributed by atoms with Gasteiger partial charge in [0.15, 0.2) is 0 Å². The lowest BCUT2D eigenvalue weighted by Crippen LogP contribution is -2.45. The van der Waals surface area contributed by atoms with Gasteiger partial charge in [-0.1, -0.05) is 23.7 Å². The molecule has 31 heavy (non-hydrogen) atoms. The molecule has 8 nitrogen and oxygen atoms in total. The summed E-state index contributed by atoms with van der Waals surface area (Å²) in [6, 6.07) is 10.7. The van der Waals surface area contributed by atoms with E-state index in [1.165, 1.54) is 18.1 Å². The molecule has 162 valence electrons. The Morgan fingerprint density at radius 1 is 1.35 bits per heavy atom. The summed E-state index contributed by atoms with van der Waals surface area (Å²) in [5.41, 5.74) is 7.38. The first-order valence-corrected chi connectivity index (χ1v) is 10.1. The van der Waals surface area contributed by atoms with E-state index in [1.54, 1.807) is 30.3 Å². The van der Waals surface area contributed by atoms with Gasteiger partial charge in [-0.05, 0) is 48.2 Å². The number of nitrogens with zero attached hydrogens (tertiary/aromatic N) is 2. The minimum absolute atomic E-state index is 0.200. The van der Waals surface area contributed by atoms with Gasteiger partial charge in [0.25, 0.3) is 5.91 Å². The number of rotatable bonds is 5. The zero-order valence-electron chi connectivity index (χ0n) is 17.0. The molecule has 2 unspecified atom stereocenters. The Hall–Kier alpha value is -3.28. The smallest absolute Gasteiger partial charge is 0.315 e. The van der Waals surface area contributed by atoms with Gasteiger partial charge in [0.2, 0.25) is 0 Å². The van der Waals surface area contributed by atoms with Crippen LogP contribution in [0.2, 0.25) is 5.02 Å². The molecule has 3 rings (SSSR count). The van der Waals surface area contributed by atoms with E-state index in [-0.39, 0.29) is 25.1 Å². The van der Waals surface area contributed by atoms with Gasteiger partial charge in [0.05, 0.1) is 35.9 Å². The third-order valence-electron chi connectivity index (χ3n) is 5.31. The van der Waals surface area contributed by atoms with Crippen LogP contribution >= 0.6 is 11.6 Å². The van der Waals surface area contributed by atoms with Crippen molar-refractivity contribution in [3.05, 3.63) is 63.7 Å². The van der Waals surface area contributed by atoms with E-state index in [4.69, 9.17) is 22.1 Å². The van der Waals surface area contributed by atoms with Crippen LogP contribution in [0.4, 0.5) is 4.79 Å². The lowest BCUT2D eigenvalue weighted by atomic mass is 9.89. The van der Waals surface area contributed by atoms with Crippen LogP contribution in [0.3, 0.4) is 0 Å². The highest BCUT2D eigenvalue weighted by atomic mass is 35.5. The van der Waals surface area contributed by atoms with Crippen molar-refractivity contribution in [1.29, 1.82) is 5.26 Å². The molecule has 1 saturated heterocycles. The van der Waals surface area contributed by atoms with Crippen molar-refractivity contribution in [3.63, 3.8) is 0 Å². The van der Waals surface area contributed by atoms with Gasteiger partial charge in [-0.3, -0.25) is 4.79 Å². The number of aliphatic hydroxyl groups excluding tert-OH is 1. The third-order valence-corrected chi connectivity index (χ3v) is 5.61. The van der Waals surface area contributed by atoms with Crippen molar-refractivity contribution in [2.45, 2.75) is 31.5 Å². The first-order valence-electron chi connectivity index (χ1n) is 9.72. The van der Waals surface area contributed by atoms with Gasteiger partial charge >= 0.3 is 6.03 Å². The van der Waals surface area contributed by atoms with Crippen molar-refractivity contribution < 1.29 is 19.4 Å². The molecule has 0 spiro atoms. The van der Waals surface area contributed by atoms with Crippen LogP contribution in [0.1, 0.15) is 45.9 Å². The van der Waals surface area contributed by atoms with Crippen LogP contribution in [0.25, 0.3) is 0 Å². The lowest BCUT2D eigenvalue weighted by molar-refractivity contribution is 0.0603. The van der Waals surface area contributed by atoms with Gasteiger partial charge in [-0.2, -0.15) is 5.26 Å². The molecule has 0 saturated carbocycles. The summed E-state index contributed by atoms with van der Waals surface area (Å²) in [5, 5.41) is 22.7. The Morgan fingerprint density at radius 3 is 2.77 bits per heavy atom. The predicted molar refractivity (Wildman–Crippen MR) is 115 cm³/mol. The second-order valence-corrected chi connectivity index (χ2v) is 7.70. The number of urea groups is 1. The maximum absolute atomic E-state index is 13.0. The van der Waals surface area contributed by atoms with E-state index in [2.05, 4.69) is 5.32 Å². The number of ether oxygens (including phenoxy) is 1. The van der Waals surface area contributed by atoms with Crippen LogP contribution in [0.15, 0.2) is 36.4 Å². The molecule has 1 aliphatic heterocycles. The van der Waals surface area contributed by atoms with Crippen LogP contribution < -0.4 is 15.8 Å². The summed E-state index contributed by atoms with van der Waals surface area (Å²) in [4.78, 5) is 26.4. The molecular weight excluding hydrogens is 420 g/mol. The zero-order valence-corrected chi connectivity index (χ0v) is 17.7. The number of nitrogens with one attached hydrogen (secondary N) is 1. The Balaban J connectivity index is 1.88. The van der Waals surface area contributed by atoms with E-state index < -0.39 is 24.1 Å². The highest BCUT2D eigenvalue weighted by Crippen LogP contribution is 2.33. The monoisotopic (exact) mass is 442 g/mol. The molecular formula is C22H23ClN4O4. The highest BCUT2D eigenvalue weighted by molar-refractivity contribution is 6.32. The van der Waals surface area contributed by atoms with Gasteiger partial charge < -0.3 is 25.8 Å². The standard InChI is InChI=1S/C22H23ClN4O4/c1-31-20-5-3-14(9-18(20)23)12-26-21(29)17-8-13(11-24)2-4-16(17)19-10-15(28)6-7-27(19)22(25)30/h2-5,8-9,15,19,28H,6-7,10,12H2,1H3,(H2,25,30)(H,26,29). The average Bonchev–Trinajstić information content (AvgIpc) is 2.76. The molecule has 0 aromatic heterocycles. The lowest BCUT2D eigenvalue weighted by Gasteiger charge is -2.37. The van der Waals surface area contributed by atoms with E-state index in [0.29, 0.717) is 28.3 Å². The summed E-state index contributed by atoms with van der Waals surface area (Å²) in [7, 11) is 1.52. The Bertz CT molecular complexity index is 1040. The number of nitriles is 1. The van der Waals surface area contributed by atoms with E-state index in [0.717, 1.165) is 5.56 Å². The maximum Gasteiger partial charge on any atom is 0.315 e. The fourth-order valence-electron chi connectivity index (χ4n) is 3.72. The maximum atomic E-state index is 13.0. The number of methoxy groups -OCH3 is 1. The van der Waals surface area contributed by atoms with Crippen molar-refractivity contribution >= 4 is 23.5 Å². The number of carbonyl (C=O) groups excluding carboxylic acids is 2. The Labute approximate surface area is 185 Å². The molecule has 3 amide bonds. The van der Waals surface area contributed by atoms with Crippen LogP contribution in [0, 0.1) is 11.3 Å². The summed E-state index contributed by atoms with van der Waals surface area (Å²) in [6.45, 7) is 0.484. The SMILES string of the molecule is COc1ccc(CNC(=O)c2cc(C#N)ccc2C2CC(O)CCN2C(N)=O)cc1Cl. The molecule has 0 bridgehead atoms. The fraction of sp³-hybridized carbons (Fsp3) is 0.318. The number of hydrogen-bond acceptors (Lipinski definition) is 5. The van der Waals surface area contributed by atoms with Crippen molar-refractivity contribution in [2.75, 3.05) is 13.7 Å². The molecule has 1 aliphatic rings. The van der Waals surface area contributed by atoms with Crippen molar-refractivity contribution in [3.8, 4) is 11.8 Å². The Morgan fingerprint density at radius 2 is 2.13 bits per heavy atom. The fourth-order valence-corrected chi connectivity index (χ4v) is 4.00. The molecule has 2 aromatic carbocycles. The van der Waals surface area contributed by atoms with Crippen molar-refractivity contribution in [1.82, 2.24) is 10.2 Å². The minimum Gasteiger partial charge on any atom is -0.495 e. The minimum atomic E-state index is -0.625. The summed E-state index contributed by atoms with van der Waals surface area (Å²) in [6.07, 6.45) is 0.0483. The summed E-state index contributed by atoms with van der Waals surface area (Å²) < 4.78 is 5.13. The number of halogens is 1. The molecule has 0 aliphatic carbocycles. The number of hydrogen-bond donors (Lipinski definition) is 3. The van der Waals surface area contributed by atoms with E-state index in [9.17, 15) is 20.0 Å². The topological polar surface area (TPSA) is 129 Å². The number of benzene rings is 2. The average molecular weight is 443 g/mol. The van der Waals surface area contributed by atoms with Gasteiger partial charge in [-0.15, -0.1) is 0 Å². The molecule has 2 aromatic rings. The molecule has 0 radical (unpaired) electrons. The Kier molecular flexibility index (Phi) is 7.00. The van der Waals surface area contributed by atoms with Crippen LogP contribution in [0.5, 0.6) is 5.75 Å². The normalized spacial score (nSPS) is 18.2. The zero-order chi connectivity index (χ0) is 22.5. The highest BCUT2D eigenvalue weighted by Gasteiger charge is 2.33. The predicted octanol–water partition coefficient (Wildman–Crippen LogP) is 2.73. The number of amides is 3. The molecule has 4 N–H and O–H groups in total. The number of carbonyl (C=O) groups is 2. The van der Waals surface area contributed by atoms with E-state index in [1.807, 2.05) is 6.07 Å². The van der Waals surface area contributed by atoms with E-state index >= 15 is 0 Å². The van der Waals surface area contributed by atoms with Gasteiger partial charge in [0, 0.05) is 18.7 Å². The van der Waals surface area contributed by atoms with Gasteiger partial charge in [-0.25, -0.2) is 4.79 Å². The molecule has 1 fully saturated rings. The summed E-state index contributed by atoms with van der Waals surface area (Å²) >= 11 is 6.14. The first-order chi connectivity index (χ1) is 14.8. The quantitative estimate of drug-likeness (QED) is 0.655. The number of piperidine rings is 1. The third kappa shape index (κ3) is 5.08. The number of aliphatic hydroxyl groups is 1.